The summed E-state index contributed by atoms with van der Waals surface area (Å²) >= 11 is 0. The third kappa shape index (κ3) is 3.58. The van der Waals surface area contributed by atoms with Crippen LogP contribution in [0.2, 0.25) is 0 Å². The average molecular weight is 259 g/mol. The molecule has 19 heavy (non-hydrogen) atoms. The van der Waals surface area contributed by atoms with E-state index in [0.717, 1.165) is 12.2 Å². The smallest absolute Gasteiger partial charge is 0.258 e. The lowest BCUT2D eigenvalue weighted by Gasteiger charge is -2.13. The van der Waals surface area contributed by atoms with Gasteiger partial charge in [0, 0.05) is 18.0 Å². The normalized spacial score (nSPS) is 11.9. The van der Waals surface area contributed by atoms with Crippen molar-refractivity contribution < 1.29 is 9.53 Å². The molecule has 2 aromatic rings. The number of ether oxygens (including phenoxy) is 1. The summed E-state index contributed by atoms with van der Waals surface area (Å²) in [6, 6.07) is 7.36. The Morgan fingerprint density at radius 3 is 3.05 bits per heavy atom. The fourth-order valence-electron chi connectivity index (χ4n) is 1.54. The molecule has 100 valence electrons. The number of hydrogen-bond donors (Lipinski definition) is 2. The standard InChI is InChI=1S/C14H17N3O2/c1-3-10(2)19-13-6-4-5-12(7-13)17-14(18)11-8-15-16-9-11/h4-10H,3H2,1-2H3,(H,15,16)(H,17,18). The maximum atomic E-state index is 11.9. The second-order valence-corrected chi connectivity index (χ2v) is 4.31. The summed E-state index contributed by atoms with van der Waals surface area (Å²) in [5, 5.41) is 9.15. The first-order valence-electron chi connectivity index (χ1n) is 6.26. The van der Waals surface area contributed by atoms with E-state index in [1.807, 2.05) is 31.2 Å². The van der Waals surface area contributed by atoms with Gasteiger partial charge in [0.25, 0.3) is 5.91 Å². The second-order valence-electron chi connectivity index (χ2n) is 4.31. The number of anilines is 1. The van der Waals surface area contributed by atoms with Crippen molar-refractivity contribution in [3.8, 4) is 5.75 Å². The third-order valence-corrected chi connectivity index (χ3v) is 2.76. The van der Waals surface area contributed by atoms with E-state index in [9.17, 15) is 4.79 Å². The molecule has 1 unspecified atom stereocenters. The molecule has 2 rings (SSSR count). The van der Waals surface area contributed by atoms with Gasteiger partial charge in [-0.2, -0.15) is 5.10 Å². The number of H-pyrrole nitrogens is 1. The third-order valence-electron chi connectivity index (χ3n) is 2.76. The zero-order chi connectivity index (χ0) is 13.7. The van der Waals surface area contributed by atoms with Crippen LogP contribution in [0.5, 0.6) is 5.75 Å². The van der Waals surface area contributed by atoms with Gasteiger partial charge in [0.05, 0.1) is 17.9 Å². The van der Waals surface area contributed by atoms with E-state index >= 15 is 0 Å². The average Bonchev–Trinajstić information content (AvgIpc) is 2.93. The van der Waals surface area contributed by atoms with Crippen molar-refractivity contribution in [1.82, 2.24) is 10.2 Å². The zero-order valence-electron chi connectivity index (χ0n) is 11.0. The lowest BCUT2D eigenvalue weighted by molar-refractivity contribution is 0.102. The lowest BCUT2D eigenvalue weighted by atomic mass is 10.2. The van der Waals surface area contributed by atoms with Crippen LogP contribution in [-0.2, 0) is 0 Å². The summed E-state index contributed by atoms with van der Waals surface area (Å²) in [4.78, 5) is 11.9. The van der Waals surface area contributed by atoms with E-state index in [1.54, 1.807) is 6.20 Å². The van der Waals surface area contributed by atoms with Crippen molar-refractivity contribution in [3.05, 3.63) is 42.2 Å². The fourth-order valence-corrected chi connectivity index (χ4v) is 1.54. The maximum Gasteiger partial charge on any atom is 0.258 e. The minimum Gasteiger partial charge on any atom is -0.491 e. The monoisotopic (exact) mass is 259 g/mol. The van der Waals surface area contributed by atoms with Gasteiger partial charge in [-0.1, -0.05) is 13.0 Å². The zero-order valence-corrected chi connectivity index (χ0v) is 11.0. The summed E-state index contributed by atoms with van der Waals surface area (Å²) in [7, 11) is 0. The van der Waals surface area contributed by atoms with Crippen molar-refractivity contribution in [2.75, 3.05) is 5.32 Å². The lowest BCUT2D eigenvalue weighted by Crippen LogP contribution is -2.12. The quantitative estimate of drug-likeness (QED) is 0.867. The van der Waals surface area contributed by atoms with Crippen LogP contribution in [0.15, 0.2) is 36.7 Å². The molecular weight excluding hydrogens is 242 g/mol. The number of aromatic amines is 1. The van der Waals surface area contributed by atoms with Crippen LogP contribution in [0.4, 0.5) is 5.69 Å². The van der Waals surface area contributed by atoms with Gasteiger partial charge in [-0.15, -0.1) is 0 Å². The minimum atomic E-state index is -0.200. The number of benzene rings is 1. The maximum absolute atomic E-state index is 11.9. The highest BCUT2D eigenvalue weighted by Gasteiger charge is 2.08. The Kier molecular flexibility index (Phi) is 4.18. The van der Waals surface area contributed by atoms with Crippen LogP contribution in [0.25, 0.3) is 0 Å². The minimum absolute atomic E-state index is 0.153. The molecule has 0 aliphatic heterocycles. The first kappa shape index (κ1) is 13.1. The van der Waals surface area contributed by atoms with E-state index < -0.39 is 0 Å². The first-order chi connectivity index (χ1) is 9.19. The molecule has 1 aromatic carbocycles. The molecule has 0 aliphatic carbocycles. The van der Waals surface area contributed by atoms with E-state index in [2.05, 4.69) is 22.4 Å². The number of rotatable bonds is 5. The number of nitrogens with one attached hydrogen (secondary N) is 2. The summed E-state index contributed by atoms with van der Waals surface area (Å²) in [5.41, 5.74) is 1.19. The van der Waals surface area contributed by atoms with Gasteiger partial charge in [0.2, 0.25) is 0 Å². The number of hydrogen-bond acceptors (Lipinski definition) is 3. The van der Waals surface area contributed by atoms with Crippen molar-refractivity contribution in [1.29, 1.82) is 0 Å². The molecule has 0 bridgehead atoms. The molecular formula is C14H17N3O2. The summed E-state index contributed by atoms with van der Waals surface area (Å²) < 4.78 is 5.71. The molecule has 0 saturated heterocycles. The molecule has 0 fully saturated rings. The highest BCUT2D eigenvalue weighted by molar-refractivity contribution is 6.03. The number of aromatic nitrogens is 2. The Morgan fingerprint density at radius 1 is 1.53 bits per heavy atom. The molecule has 0 aliphatic rings. The van der Waals surface area contributed by atoms with Crippen LogP contribution in [0.3, 0.4) is 0 Å². The molecule has 5 nitrogen and oxygen atoms in total. The predicted molar refractivity (Wildman–Crippen MR) is 73.4 cm³/mol. The van der Waals surface area contributed by atoms with Gasteiger partial charge in [0.15, 0.2) is 0 Å². The SMILES string of the molecule is CCC(C)Oc1cccc(NC(=O)c2cn[nH]c2)c1. The Bertz CT molecular complexity index is 537. The van der Waals surface area contributed by atoms with Crippen LogP contribution in [-0.4, -0.2) is 22.2 Å². The topological polar surface area (TPSA) is 67.0 Å². The number of carbonyl (C=O) groups excluding carboxylic acids is 1. The van der Waals surface area contributed by atoms with Crippen molar-refractivity contribution in [3.63, 3.8) is 0 Å². The van der Waals surface area contributed by atoms with Gasteiger partial charge in [0.1, 0.15) is 5.75 Å². The Morgan fingerprint density at radius 2 is 2.37 bits per heavy atom. The highest BCUT2D eigenvalue weighted by atomic mass is 16.5. The molecule has 1 aromatic heterocycles. The van der Waals surface area contributed by atoms with E-state index in [0.29, 0.717) is 11.3 Å². The van der Waals surface area contributed by atoms with Crippen molar-refractivity contribution in [2.24, 2.45) is 0 Å². The summed E-state index contributed by atoms with van der Waals surface area (Å²) in [6.07, 6.45) is 4.12. The largest absolute Gasteiger partial charge is 0.491 e. The van der Waals surface area contributed by atoms with Crippen LogP contribution < -0.4 is 10.1 Å². The number of nitrogens with zero attached hydrogens (tertiary/aromatic N) is 1. The number of carbonyl (C=O) groups is 1. The van der Waals surface area contributed by atoms with Gasteiger partial charge < -0.3 is 10.1 Å². The van der Waals surface area contributed by atoms with Gasteiger partial charge in [-0.05, 0) is 25.5 Å². The molecule has 0 radical (unpaired) electrons. The van der Waals surface area contributed by atoms with Crippen LogP contribution >= 0.6 is 0 Å². The van der Waals surface area contributed by atoms with Gasteiger partial charge in [-0.25, -0.2) is 0 Å². The summed E-state index contributed by atoms with van der Waals surface area (Å²) in [5.74, 6) is 0.550. The molecule has 0 spiro atoms. The Labute approximate surface area is 112 Å². The molecule has 1 atom stereocenters. The molecule has 2 N–H and O–H groups in total. The van der Waals surface area contributed by atoms with Gasteiger partial charge in [-0.3, -0.25) is 9.89 Å². The van der Waals surface area contributed by atoms with E-state index in [-0.39, 0.29) is 12.0 Å². The summed E-state index contributed by atoms with van der Waals surface area (Å²) in [6.45, 7) is 4.08. The fraction of sp³-hybridized carbons (Fsp3) is 0.286. The van der Waals surface area contributed by atoms with Crippen LogP contribution in [0, 0.1) is 0 Å². The number of amides is 1. The van der Waals surface area contributed by atoms with E-state index in [1.165, 1.54) is 6.20 Å². The highest BCUT2D eigenvalue weighted by Crippen LogP contribution is 2.19. The van der Waals surface area contributed by atoms with E-state index in [4.69, 9.17) is 4.74 Å². The first-order valence-corrected chi connectivity index (χ1v) is 6.26. The molecule has 1 heterocycles. The van der Waals surface area contributed by atoms with Crippen molar-refractivity contribution in [2.45, 2.75) is 26.4 Å². The molecule has 0 saturated carbocycles. The Hall–Kier alpha value is -2.30. The molecule has 5 heteroatoms. The molecule has 1 amide bonds. The van der Waals surface area contributed by atoms with Crippen LogP contribution in [0.1, 0.15) is 30.6 Å². The second kappa shape index (κ2) is 6.04. The predicted octanol–water partition coefficient (Wildman–Crippen LogP) is 2.84. The van der Waals surface area contributed by atoms with Crippen molar-refractivity contribution >= 4 is 11.6 Å². The van der Waals surface area contributed by atoms with Gasteiger partial charge >= 0.3 is 0 Å². The Balaban J connectivity index is 2.05.